The Morgan fingerprint density at radius 2 is 1.57 bits per heavy atom. The predicted octanol–water partition coefficient (Wildman–Crippen LogP) is 7.72. The van der Waals surface area contributed by atoms with Gasteiger partial charge in [0.15, 0.2) is 10.5 Å². The summed E-state index contributed by atoms with van der Waals surface area (Å²) in [6, 6.07) is 24.1. The van der Waals surface area contributed by atoms with Crippen molar-refractivity contribution in [1.29, 1.82) is 0 Å². The van der Waals surface area contributed by atoms with E-state index in [0.717, 1.165) is 45.1 Å². The van der Waals surface area contributed by atoms with Crippen molar-refractivity contribution >= 4 is 37.4 Å². The van der Waals surface area contributed by atoms with Crippen LogP contribution in [0.4, 0.5) is 0 Å². The van der Waals surface area contributed by atoms with Crippen molar-refractivity contribution in [2.45, 2.75) is 32.1 Å². The molecule has 1 heterocycles. The van der Waals surface area contributed by atoms with E-state index in [4.69, 9.17) is 0 Å². The second kappa shape index (κ2) is 9.15. The molecule has 0 saturated carbocycles. The summed E-state index contributed by atoms with van der Waals surface area (Å²) in [4.78, 5) is 13.3. The molecule has 4 rings (SSSR count). The molecule has 2 nitrogen and oxygen atoms in total. The van der Waals surface area contributed by atoms with Crippen LogP contribution in [-0.2, 0) is 0 Å². The number of hydrogen-bond acceptors (Lipinski definition) is 3. The summed E-state index contributed by atoms with van der Waals surface area (Å²) in [5.74, 6) is -0.114. The molecule has 0 fully saturated rings. The molecular weight excluding hydrogens is 456 g/mol. The molecule has 0 aliphatic rings. The smallest absolute Gasteiger partial charge is 0.195 e. The van der Waals surface area contributed by atoms with Crippen LogP contribution >= 0.6 is 27.3 Å². The Morgan fingerprint density at radius 3 is 2.23 bits per heavy atom. The first kappa shape index (κ1) is 20.8. The van der Waals surface area contributed by atoms with Crippen LogP contribution in [0.15, 0.2) is 82.1 Å². The molecule has 4 aromatic rings. The molecule has 0 spiro atoms. The minimum absolute atomic E-state index is 0.0556. The van der Waals surface area contributed by atoms with Gasteiger partial charge in [-0.25, -0.2) is 0 Å². The summed E-state index contributed by atoms with van der Waals surface area (Å²) < 4.78 is 1.88. The van der Waals surface area contributed by atoms with E-state index in [9.17, 15) is 9.90 Å². The number of fused-ring (bicyclic) bond motifs is 1. The molecule has 0 amide bonds. The van der Waals surface area contributed by atoms with Gasteiger partial charge in [0.1, 0.15) is 0 Å². The minimum atomic E-state index is -0.114. The Balaban J connectivity index is 1.78. The molecule has 30 heavy (non-hydrogen) atoms. The summed E-state index contributed by atoms with van der Waals surface area (Å²) >= 11 is 4.77. The first-order valence-corrected chi connectivity index (χ1v) is 11.8. The van der Waals surface area contributed by atoms with Gasteiger partial charge in [0.25, 0.3) is 0 Å². The first-order chi connectivity index (χ1) is 14.6. The Bertz CT molecular complexity index is 1210. The molecule has 4 heteroatoms. The fraction of sp³-hybridized carbons (Fsp3) is 0.192. The van der Waals surface area contributed by atoms with E-state index in [0.29, 0.717) is 10.9 Å². The molecule has 0 saturated heterocycles. The van der Waals surface area contributed by atoms with Crippen LogP contribution in [0.5, 0.6) is 5.06 Å². The van der Waals surface area contributed by atoms with Crippen molar-refractivity contribution in [2.24, 2.45) is 0 Å². The molecule has 1 unspecified atom stereocenters. The standard InChI is InChI=1S/C26H23BrO2S/c1-2-3-6-21(24-25(28)22-7-4-5-8-23(22)30-26(24)29)19-11-9-17(10-12-19)18-13-15-20(27)16-14-18/h4-5,7-16,21,29H,2-3,6H2,1H3. The lowest BCUT2D eigenvalue weighted by atomic mass is 9.86. The van der Waals surface area contributed by atoms with Crippen LogP contribution in [0, 0.1) is 0 Å². The second-order valence-electron chi connectivity index (χ2n) is 7.47. The maximum absolute atomic E-state index is 13.3. The number of halogens is 1. The summed E-state index contributed by atoms with van der Waals surface area (Å²) in [5.41, 5.74) is 3.83. The second-order valence-corrected chi connectivity index (χ2v) is 9.42. The van der Waals surface area contributed by atoms with E-state index in [2.05, 4.69) is 59.3 Å². The molecule has 1 atom stereocenters. The Kier molecular flexibility index (Phi) is 6.35. The van der Waals surface area contributed by atoms with Crippen molar-refractivity contribution < 1.29 is 5.11 Å². The summed E-state index contributed by atoms with van der Waals surface area (Å²) in [7, 11) is 0. The van der Waals surface area contributed by atoms with E-state index < -0.39 is 0 Å². The third-order valence-electron chi connectivity index (χ3n) is 5.50. The van der Waals surface area contributed by atoms with Crippen LogP contribution in [0.3, 0.4) is 0 Å². The van der Waals surface area contributed by atoms with Gasteiger partial charge in [-0.2, -0.15) is 0 Å². The van der Waals surface area contributed by atoms with Gasteiger partial charge in [-0.3, -0.25) is 4.79 Å². The summed E-state index contributed by atoms with van der Waals surface area (Å²) in [5, 5.41) is 11.6. The van der Waals surface area contributed by atoms with Crippen LogP contribution in [0.1, 0.15) is 43.2 Å². The van der Waals surface area contributed by atoms with Gasteiger partial charge in [-0.05, 0) is 47.4 Å². The van der Waals surface area contributed by atoms with Crippen molar-refractivity contribution in [1.82, 2.24) is 0 Å². The number of hydrogen-bond donors (Lipinski definition) is 1. The van der Waals surface area contributed by atoms with Crippen molar-refractivity contribution in [3.63, 3.8) is 0 Å². The fourth-order valence-corrected chi connectivity index (χ4v) is 5.12. The zero-order valence-electron chi connectivity index (χ0n) is 16.8. The van der Waals surface area contributed by atoms with E-state index in [1.165, 1.54) is 11.3 Å². The fourth-order valence-electron chi connectivity index (χ4n) is 3.89. The number of benzene rings is 3. The minimum Gasteiger partial charge on any atom is -0.499 e. The lowest BCUT2D eigenvalue weighted by molar-refractivity contribution is 0.475. The predicted molar refractivity (Wildman–Crippen MR) is 131 cm³/mol. The molecule has 3 aromatic carbocycles. The van der Waals surface area contributed by atoms with E-state index >= 15 is 0 Å². The Hall–Kier alpha value is -2.43. The highest BCUT2D eigenvalue weighted by atomic mass is 79.9. The third kappa shape index (κ3) is 4.21. The van der Waals surface area contributed by atoms with Gasteiger partial charge in [0.05, 0.1) is 5.56 Å². The van der Waals surface area contributed by atoms with Gasteiger partial charge in [0.2, 0.25) is 0 Å². The summed E-state index contributed by atoms with van der Waals surface area (Å²) in [6.45, 7) is 2.15. The number of rotatable bonds is 6. The largest absolute Gasteiger partial charge is 0.499 e. The van der Waals surface area contributed by atoms with Gasteiger partial charge in [-0.15, -0.1) is 0 Å². The van der Waals surface area contributed by atoms with Gasteiger partial charge < -0.3 is 5.11 Å². The average molecular weight is 479 g/mol. The molecule has 0 radical (unpaired) electrons. The highest BCUT2D eigenvalue weighted by molar-refractivity contribution is 9.10. The number of aromatic hydroxyl groups is 1. The van der Waals surface area contributed by atoms with Gasteiger partial charge in [-0.1, -0.05) is 95.6 Å². The molecule has 1 N–H and O–H groups in total. The van der Waals surface area contributed by atoms with Crippen LogP contribution < -0.4 is 5.43 Å². The lowest BCUT2D eigenvalue weighted by Crippen LogP contribution is -2.14. The monoisotopic (exact) mass is 478 g/mol. The van der Waals surface area contributed by atoms with Crippen LogP contribution in [0.25, 0.3) is 21.2 Å². The summed E-state index contributed by atoms with van der Waals surface area (Å²) in [6.07, 6.45) is 2.87. The SMILES string of the molecule is CCCCC(c1ccc(-c2ccc(Br)cc2)cc1)c1c(O)sc2ccccc2c1=O. The van der Waals surface area contributed by atoms with Crippen molar-refractivity contribution in [3.8, 4) is 16.2 Å². The molecular formula is C26H23BrO2S. The molecule has 0 aliphatic carbocycles. The lowest BCUT2D eigenvalue weighted by Gasteiger charge is -2.19. The molecule has 152 valence electrons. The Morgan fingerprint density at radius 1 is 0.933 bits per heavy atom. The average Bonchev–Trinajstić information content (AvgIpc) is 2.77. The van der Waals surface area contributed by atoms with E-state index in [1.807, 2.05) is 36.4 Å². The Labute approximate surface area is 189 Å². The zero-order valence-corrected chi connectivity index (χ0v) is 19.2. The molecule has 0 aliphatic heterocycles. The molecule has 0 bridgehead atoms. The maximum atomic E-state index is 13.3. The highest BCUT2D eigenvalue weighted by Crippen LogP contribution is 2.38. The maximum Gasteiger partial charge on any atom is 0.195 e. The normalized spacial score (nSPS) is 12.2. The van der Waals surface area contributed by atoms with Gasteiger partial charge >= 0.3 is 0 Å². The van der Waals surface area contributed by atoms with Crippen LogP contribution in [0.2, 0.25) is 0 Å². The highest BCUT2D eigenvalue weighted by Gasteiger charge is 2.23. The quantitative estimate of drug-likeness (QED) is 0.307. The van der Waals surface area contributed by atoms with E-state index in [1.54, 1.807) is 0 Å². The molecule has 1 aromatic heterocycles. The van der Waals surface area contributed by atoms with Crippen molar-refractivity contribution in [2.75, 3.05) is 0 Å². The van der Waals surface area contributed by atoms with Crippen molar-refractivity contribution in [3.05, 3.63) is 98.6 Å². The van der Waals surface area contributed by atoms with Gasteiger partial charge in [0, 0.05) is 20.5 Å². The van der Waals surface area contributed by atoms with E-state index in [-0.39, 0.29) is 16.4 Å². The first-order valence-electron chi connectivity index (χ1n) is 10.2. The topological polar surface area (TPSA) is 37.3 Å². The number of unbranched alkanes of at least 4 members (excludes halogenated alkanes) is 1. The zero-order chi connectivity index (χ0) is 21.1. The third-order valence-corrected chi connectivity index (χ3v) is 7.02. The van der Waals surface area contributed by atoms with Crippen LogP contribution in [-0.4, -0.2) is 5.11 Å².